The van der Waals surface area contributed by atoms with E-state index in [2.05, 4.69) is 0 Å². The van der Waals surface area contributed by atoms with Crippen molar-refractivity contribution >= 4 is 11.6 Å². The zero-order valence-electron chi connectivity index (χ0n) is 18.5. The molecule has 0 amide bonds. The molecule has 1 fully saturated rings. The Balaban J connectivity index is 0.000000215. The van der Waals surface area contributed by atoms with Gasteiger partial charge in [-0.3, -0.25) is 9.59 Å². The number of ketones is 2. The summed E-state index contributed by atoms with van der Waals surface area (Å²) in [6.07, 6.45) is 17.6. The fraction of sp³-hybridized carbons (Fsp3) is 0.500. The topological polar surface area (TPSA) is 34.1 Å². The quantitative estimate of drug-likeness (QED) is 0.474. The Morgan fingerprint density at radius 2 is 0.767 bits per heavy atom. The lowest BCUT2D eigenvalue weighted by Gasteiger charge is -2.01. The molecular formula is C28H38O2. The minimum Gasteiger partial charge on any atom is -0.300 e. The molecular weight excluding hydrogens is 368 g/mol. The molecule has 2 nitrogen and oxygen atoms in total. The number of hydrogen-bond donors (Lipinski definition) is 0. The van der Waals surface area contributed by atoms with Gasteiger partial charge in [-0.05, 0) is 12.8 Å². The zero-order chi connectivity index (χ0) is 21.3. The predicted octanol–water partition coefficient (Wildman–Crippen LogP) is 7.95. The first-order valence-electron chi connectivity index (χ1n) is 11.9. The van der Waals surface area contributed by atoms with Gasteiger partial charge in [0.15, 0.2) is 5.78 Å². The maximum absolute atomic E-state index is 11.8. The molecule has 2 aromatic carbocycles. The molecule has 0 bridgehead atoms. The van der Waals surface area contributed by atoms with E-state index in [0.717, 1.165) is 36.8 Å². The number of hydrogen-bond acceptors (Lipinski definition) is 2. The number of Topliss-reactive ketones (excluding diaryl/α,β-unsaturated/α-hetero) is 1. The van der Waals surface area contributed by atoms with Crippen molar-refractivity contribution in [1.29, 1.82) is 0 Å². The largest absolute Gasteiger partial charge is 0.300 e. The summed E-state index contributed by atoms with van der Waals surface area (Å²) in [4.78, 5) is 23.4. The van der Waals surface area contributed by atoms with Crippen molar-refractivity contribution in [2.45, 2.75) is 89.9 Å². The first kappa shape index (κ1) is 24.1. The third-order valence-corrected chi connectivity index (χ3v) is 5.73. The molecule has 0 atom stereocenters. The highest BCUT2D eigenvalue weighted by atomic mass is 16.1. The minimum atomic E-state index is 0.0752. The van der Waals surface area contributed by atoms with Crippen LogP contribution in [-0.2, 0) is 4.79 Å². The lowest BCUT2D eigenvalue weighted by molar-refractivity contribution is -0.119. The van der Waals surface area contributed by atoms with Gasteiger partial charge in [0.05, 0.1) is 0 Å². The van der Waals surface area contributed by atoms with E-state index < -0.39 is 0 Å². The first-order valence-corrected chi connectivity index (χ1v) is 11.9. The Hall–Kier alpha value is -2.22. The van der Waals surface area contributed by atoms with Gasteiger partial charge in [0.25, 0.3) is 0 Å². The molecule has 1 aliphatic carbocycles. The maximum atomic E-state index is 11.8. The van der Waals surface area contributed by atoms with Crippen molar-refractivity contribution in [1.82, 2.24) is 0 Å². The fourth-order valence-corrected chi connectivity index (χ4v) is 3.88. The molecule has 162 valence electrons. The normalized spacial score (nSPS) is 17.0. The number of rotatable bonds is 2. The molecule has 0 unspecified atom stereocenters. The van der Waals surface area contributed by atoms with Gasteiger partial charge in [0.1, 0.15) is 5.78 Å². The number of carbonyl (C=O) groups is 2. The zero-order valence-corrected chi connectivity index (χ0v) is 18.5. The van der Waals surface area contributed by atoms with E-state index in [-0.39, 0.29) is 5.78 Å². The van der Waals surface area contributed by atoms with E-state index in [1.165, 1.54) is 64.2 Å². The van der Waals surface area contributed by atoms with Gasteiger partial charge in [-0.15, -0.1) is 0 Å². The fourth-order valence-electron chi connectivity index (χ4n) is 3.88. The van der Waals surface area contributed by atoms with E-state index in [0.29, 0.717) is 5.78 Å². The van der Waals surface area contributed by atoms with Crippen LogP contribution in [0.15, 0.2) is 60.7 Å². The standard InChI is InChI=1S/C15H28O.C13H10O/c16-15-13-11-9-7-5-3-1-2-4-6-8-10-12-14-15;14-13(11-7-3-1-4-8-11)12-9-5-2-6-10-12/h1-14H2;1-10H. The molecule has 0 N–H and O–H groups in total. The molecule has 0 aromatic heterocycles. The maximum Gasteiger partial charge on any atom is 0.193 e. The second-order valence-electron chi connectivity index (χ2n) is 8.34. The van der Waals surface area contributed by atoms with Crippen LogP contribution < -0.4 is 0 Å². The van der Waals surface area contributed by atoms with Crippen LogP contribution in [0.25, 0.3) is 0 Å². The molecule has 3 rings (SSSR count). The molecule has 30 heavy (non-hydrogen) atoms. The van der Waals surface area contributed by atoms with Gasteiger partial charge >= 0.3 is 0 Å². The van der Waals surface area contributed by atoms with Crippen molar-refractivity contribution in [2.75, 3.05) is 0 Å². The van der Waals surface area contributed by atoms with Gasteiger partial charge in [0, 0.05) is 24.0 Å². The lowest BCUT2D eigenvalue weighted by atomic mass is 10.0. The molecule has 0 saturated heterocycles. The van der Waals surface area contributed by atoms with Crippen molar-refractivity contribution < 1.29 is 9.59 Å². The van der Waals surface area contributed by atoms with Gasteiger partial charge in [-0.1, -0.05) is 125 Å². The number of carbonyl (C=O) groups excluding carboxylic acids is 2. The second kappa shape index (κ2) is 15.6. The smallest absolute Gasteiger partial charge is 0.193 e. The van der Waals surface area contributed by atoms with Crippen LogP contribution in [0.4, 0.5) is 0 Å². The molecule has 2 heteroatoms. The van der Waals surface area contributed by atoms with Crippen LogP contribution in [-0.4, -0.2) is 11.6 Å². The van der Waals surface area contributed by atoms with Gasteiger partial charge in [0.2, 0.25) is 0 Å². The molecule has 0 aliphatic heterocycles. The van der Waals surface area contributed by atoms with Crippen LogP contribution in [0.2, 0.25) is 0 Å². The summed E-state index contributed by atoms with van der Waals surface area (Å²) < 4.78 is 0. The van der Waals surface area contributed by atoms with Gasteiger partial charge in [-0.25, -0.2) is 0 Å². The van der Waals surface area contributed by atoms with Gasteiger partial charge in [-0.2, -0.15) is 0 Å². The number of benzene rings is 2. The van der Waals surface area contributed by atoms with E-state index in [9.17, 15) is 9.59 Å². The summed E-state index contributed by atoms with van der Waals surface area (Å²) in [5.41, 5.74) is 1.47. The minimum absolute atomic E-state index is 0.0752. The Kier molecular flexibility index (Phi) is 12.5. The summed E-state index contributed by atoms with van der Waals surface area (Å²) in [5, 5.41) is 0. The molecule has 1 saturated carbocycles. The average molecular weight is 407 g/mol. The van der Waals surface area contributed by atoms with E-state index in [1.54, 1.807) is 0 Å². The predicted molar refractivity (Wildman–Crippen MR) is 126 cm³/mol. The molecule has 0 spiro atoms. The highest BCUT2D eigenvalue weighted by Crippen LogP contribution is 2.15. The van der Waals surface area contributed by atoms with Crippen LogP contribution in [0.5, 0.6) is 0 Å². The second-order valence-corrected chi connectivity index (χ2v) is 8.34. The van der Waals surface area contributed by atoms with Crippen molar-refractivity contribution in [2.24, 2.45) is 0 Å². The SMILES string of the molecule is O=C(c1ccccc1)c1ccccc1.O=C1CCCCCCCCCCCCCC1. The van der Waals surface area contributed by atoms with E-state index >= 15 is 0 Å². The first-order chi connectivity index (χ1) is 14.8. The molecule has 0 radical (unpaired) electrons. The Morgan fingerprint density at radius 3 is 1.10 bits per heavy atom. The third kappa shape index (κ3) is 10.5. The van der Waals surface area contributed by atoms with Crippen LogP contribution in [0.3, 0.4) is 0 Å². The molecule has 0 heterocycles. The van der Waals surface area contributed by atoms with E-state index in [1.807, 2.05) is 60.7 Å². The summed E-state index contributed by atoms with van der Waals surface area (Å²) >= 11 is 0. The monoisotopic (exact) mass is 406 g/mol. The highest BCUT2D eigenvalue weighted by Gasteiger charge is 2.06. The average Bonchev–Trinajstić information content (AvgIpc) is 2.81. The molecule has 2 aromatic rings. The summed E-state index contributed by atoms with van der Waals surface area (Å²) in [5.74, 6) is 0.584. The van der Waals surface area contributed by atoms with Crippen LogP contribution in [0, 0.1) is 0 Å². The van der Waals surface area contributed by atoms with Crippen molar-refractivity contribution in [3.63, 3.8) is 0 Å². The van der Waals surface area contributed by atoms with Crippen LogP contribution in [0.1, 0.15) is 106 Å². The highest BCUT2D eigenvalue weighted by molar-refractivity contribution is 6.08. The third-order valence-electron chi connectivity index (χ3n) is 5.73. The van der Waals surface area contributed by atoms with Crippen molar-refractivity contribution in [3.8, 4) is 0 Å². The summed E-state index contributed by atoms with van der Waals surface area (Å²) in [6, 6.07) is 18.6. The van der Waals surface area contributed by atoms with Gasteiger partial charge < -0.3 is 0 Å². The Bertz CT molecular complexity index is 646. The van der Waals surface area contributed by atoms with Crippen molar-refractivity contribution in [3.05, 3.63) is 71.8 Å². The Labute approximate surface area is 183 Å². The van der Waals surface area contributed by atoms with Crippen LogP contribution >= 0.6 is 0 Å². The van der Waals surface area contributed by atoms with E-state index in [4.69, 9.17) is 0 Å². The Morgan fingerprint density at radius 1 is 0.467 bits per heavy atom. The summed E-state index contributed by atoms with van der Waals surface area (Å²) in [6.45, 7) is 0. The summed E-state index contributed by atoms with van der Waals surface area (Å²) in [7, 11) is 0. The molecule has 1 aliphatic rings. The lowest BCUT2D eigenvalue weighted by Crippen LogP contribution is -1.99.